The molecule has 2 heterocycles. The highest BCUT2D eigenvalue weighted by Gasteiger charge is 2.19. The maximum absolute atomic E-state index is 8.56. The van der Waals surface area contributed by atoms with Gasteiger partial charge in [0.05, 0.1) is 30.6 Å². The number of nitrogens with zero attached hydrogens (tertiary/aromatic N) is 3. The van der Waals surface area contributed by atoms with E-state index in [9.17, 15) is 0 Å². The molecule has 28 heavy (non-hydrogen) atoms. The van der Waals surface area contributed by atoms with Crippen molar-refractivity contribution in [3.8, 4) is 5.75 Å². The summed E-state index contributed by atoms with van der Waals surface area (Å²) in [7, 11) is 1.64. The highest BCUT2D eigenvalue weighted by molar-refractivity contribution is 6.35. The van der Waals surface area contributed by atoms with Gasteiger partial charge in [-0.05, 0) is 13.8 Å². The molecule has 2 aromatic heterocycles. The van der Waals surface area contributed by atoms with E-state index in [1.54, 1.807) is 13.3 Å². The van der Waals surface area contributed by atoms with Gasteiger partial charge in [-0.15, -0.1) is 0 Å². The molecule has 0 atom stereocenters. The Bertz CT molecular complexity index is 1020. The first-order chi connectivity index (χ1) is 13.4. The van der Waals surface area contributed by atoms with Crippen LogP contribution < -0.4 is 15.8 Å². The lowest BCUT2D eigenvalue weighted by atomic mass is 10.0. The molecule has 4 N–H and O–H groups in total. The van der Waals surface area contributed by atoms with Crippen molar-refractivity contribution in [3.63, 3.8) is 0 Å². The second-order valence-corrected chi connectivity index (χ2v) is 6.59. The van der Waals surface area contributed by atoms with Gasteiger partial charge in [-0.3, -0.25) is 10.4 Å². The molecule has 0 saturated carbocycles. The summed E-state index contributed by atoms with van der Waals surface area (Å²) in [5.41, 5.74) is 9.77. The van der Waals surface area contributed by atoms with Crippen LogP contribution in [-0.2, 0) is 6.54 Å². The van der Waals surface area contributed by atoms with Crippen LogP contribution in [0.2, 0.25) is 5.15 Å². The number of methoxy groups -OCH3 is 1. The molecule has 7 nitrogen and oxygen atoms in total. The minimum atomic E-state index is 0.0308. The zero-order chi connectivity index (χ0) is 20.3. The molecule has 1 aromatic carbocycles. The van der Waals surface area contributed by atoms with Crippen molar-refractivity contribution in [2.75, 3.05) is 18.2 Å². The molecule has 0 aliphatic carbocycles. The minimum Gasteiger partial charge on any atom is -0.496 e. The van der Waals surface area contributed by atoms with Gasteiger partial charge in [0, 0.05) is 22.9 Å². The predicted octanol–water partition coefficient (Wildman–Crippen LogP) is 3.76. The minimum absolute atomic E-state index is 0.0308. The van der Waals surface area contributed by atoms with E-state index in [2.05, 4.69) is 20.3 Å². The van der Waals surface area contributed by atoms with Crippen LogP contribution in [0.5, 0.6) is 5.75 Å². The third kappa shape index (κ3) is 3.89. The number of benzene rings is 1. The van der Waals surface area contributed by atoms with E-state index in [0.717, 1.165) is 22.6 Å². The Balaban J connectivity index is 1.96. The van der Waals surface area contributed by atoms with Crippen LogP contribution in [-0.4, -0.2) is 27.8 Å². The third-order valence-corrected chi connectivity index (χ3v) is 4.64. The smallest absolute Gasteiger partial charge is 0.223 e. The Kier molecular flexibility index (Phi) is 5.75. The normalized spacial score (nSPS) is 10.6. The van der Waals surface area contributed by atoms with E-state index in [4.69, 9.17) is 27.5 Å². The lowest BCUT2D eigenvalue weighted by molar-refractivity contribution is 0.407. The summed E-state index contributed by atoms with van der Waals surface area (Å²) >= 11 is 6.31. The Morgan fingerprint density at radius 2 is 1.93 bits per heavy atom. The van der Waals surface area contributed by atoms with Gasteiger partial charge in [0.25, 0.3) is 0 Å². The highest BCUT2D eigenvalue weighted by Crippen LogP contribution is 2.27. The predicted molar refractivity (Wildman–Crippen MR) is 111 cm³/mol. The van der Waals surface area contributed by atoms with Crippen molar-refractivity contribution in [2.24, 2.45) is 0 Å². The molecule has 0 radical (unpaired) electrons. The van der Waals surface area contributed by atoms with Gasteiger partial charge in [0.1, 0.15) is 16.7 Å². The molecule has 0 aliphatic rings. The maximum atomic E-state index is 8.56. The Hall–Kier alpha value is -3.19. The van der Waals surface area contributed by atoms with Crippen molar-refractivity contribution in [1.29, 1.82) is 5.41 Å². The summed E-state index contributed by atoms with van der Waals surface area (Å²) in [6.07, 6.45) is 1.76. The molecular weight excluding hydrogens is 376 g/mol. The number of halogens is 1. The van der Waals surface area contributed by atoms with Gasteiger partial charge in [-0.1, -0.05) is 41.9 Å². The first-order valence-corrected chi connectivity index (χ1v) is 9.00. The zero-order valence-electron chi connectivity index (χ0n) is 15.9. The number of aromatic nitrogens is 3. The molecular formula is C20H21ClN6O. The average molecular weight is 397 g/mol. The molecule has 0 spiro atoms. The summed E-state index contributed by atoms with van der Waals surface area (Å²) in [4.78, 5) is 12.7. The van der Waals surface area contributed by atoms with Crippen LogP contribution in [0, 0.1) is 19.3 Å². The molecule has 0 amide bonds. The quantitative estimate of drug-likeness (QED) is 0.432. The first-order valence-electron chi connectivity index (χ1n) is 8.62. The van der Waals surface area contributed by atoms with Crippen molar-refractivity contribution < 1.29 is 4.74 Å². The van der Waals surface area contributed by atoms with Crippen LogP contribution in [0.3, 0.4) is 0 Å². The molecule has 3 rings (SSSR count). The van der Waals surface area contributed by atoms with Crippen molar-refractivity contribution in [2.45, 2.75) is 20.4 Å². The van der Waals surface area contributed by atoms with Crippen LogP contribution in [0.25, 0.3) is 0 Å². The van der Waals surface area contributed by atoms with Gasteiger partial charge in [-0.2, -0.15) is 4.98 Å². The number of hydrogen-bond donors (Lipinski definition) is 3. The number of ether oxygens (including phenoxy) is 1. The maximum Gasteiger partial charge on any atom is 0.223 e. The second-order valence-electron chi connectivity index (χ2n) is 6.24. The SMILES string of the molecule is COc1c(C)cnc(CNc2nc(N)nc(Cl)c2C(=N)c2ccccc2)c1C. The van der Waals surface area contributed by atoms with Gasteiger partial charge >= 0.3 is 0 Å². The van der Waals surface area contributed by atoms with Gasteiger partial charge in [0.15, 0.2) is 0 Å². The average Bonchev–Trinajstić information content (AvgIpc) is 2.67. The molecule has 144 valence electrons. The lowest BCUT2D eigenvalue weighted by Gasteiger charge is -2.16. The number of rotatable bonds is 6. The summed E-state index contributed by atoms with van der Waals surface area (Å²) in [5.74, 6) is 1.21. The van der Waals surface area contributed by atoms with Crippen molar-refractivity contribution in [3.05, 3.63) is 69.6 Å². The first kappa shape index (κ1) is 19.6. The fraction of sp³-hybridized carbons (Fsp3) is 0.200. The Morgan fingerprint density at radius 3 is 2.61 bits per heavy atom. The molecule has 3 aromatic rings. The molecule has 0 aliphatic heterocycles. The fourth-order valence-corrected chi connectivity index (χ4v) is 3.24. The van der Waals surface area contributed by atoms with Crippen molar-refractivity contribution in [1.82, 2.24) is 15.0 Å². The third-order valence-electron chi connectivity index (χ3n) is 4.37. The monoisotopic (exact) mass is 396 g/mol. The van der Waals surface area contributed by atoms with Crippen molar-refractivity contribution >= 4 is 29.1 Å². The largest absolute Gasteiger partial charge is 0.496 e. The zero-order valence-corrected chi connectivity index (χ0v) is 16.6. The van der Waals surface area contributed by atoms with Gasteiger partial charge in [-0.25, -0.2) is 4.98 Å². The number of pyridine rings is 1. The summed E-state index contributed by atoms with van der Waals surface area (Å²) < 4.78 is 5.46. The summed E-state index contributed by atoms with van der Waals surface area (Å²) in [6, 6.07) is 9.25. The standard InChI is InChI=1S/C20H21ClN6O/c1-11-9-24-14(12(2)17(11)28-3)10-25-19-15(18(21)26-20(23)27-19)16(22)13-7-5-4-6-8-13/h4-9,22H,10H2,1-3H3,(H3,23,25,26,27). The van der Waals surface area contributed by atoms with E-state index < -0.39 is 0 Å². The molecule has 0 bridgehead atoms. The van der Waals surface area contributed by atoms with Gasteiger partial charge in [0.2, 0.25) is 5.95 Å². The highest BCUT2D eigenvalue weighted by atomic mass is 35.5. The fourth-order valence-electron chi connectivity index (χ4n) is 2.97. The molecule has 0 saturated heterocycles. The number of nitrogens with two attached hydrogens (primary N) is 1. The summed E-state index contributed by atoms with van der Waals surface area (Å²) in [5, 5.41) is 11.9. The van der Waals surface area contributed by atoms with E-state index >= 15 is 0 Å². The second kappa shape index (κ2) is 8.22. The Labute approximate surface area is 168 Å². The lowest BCUT2D eigenvalue weighted by Crippen LogP contribution is -2.14. The van der Waals surface area contributed by atoms with Gasteiger partial charge < -0.3 is 15.8 Å². The number of nitrogens with one attached hydrogen (secondary N) is 2. The topological polar surface area (TPSA) is 110 Å². The van der Waals surface area contributed by atoms with Crippen LogP contribution in [0.4, 0.5) is 11.8 Å². The van der Waals surface area contributed by atoms with Crippen LogP contribution >= 0.6 is 11.6 Å². The molecule has 0 unspecified atom stereocenters. The number of hydrogen-bond acceptors (Lipinski definition) is 7. The van der Waals surface area contributed by atoms with E-state index in [1.807, 2.05) is 44.2 Å². The van der Waals surface area contributed by atoms with E-state index in [1.165, 1.54) is 0 Å². The van der Waals surface area contributed by atoms with Crippen LogP contribution in [0.1, 0.15) is 27.9 Å². The van der Waals surface area contributed by atoms with Crippen LogP contribution in [0.15, 0.2) is 36.5 Å². The summed E-state index contributed by atoms with van der Waals surface area (Å²) in [6.45, 7) is 4.26. The Morgan fingerprint density at radius 1 is 1.21 bits per heavy atom. The number of nitrogen functional groups attached to an aromatic ring is 1. The number of anilines is 2. The van der Waals surface area contributed by atoms with E-state index in [-0.39, 0.29) is 16.8 Å². The number of aryl methyl sites for hydroxylation is 1. The molecule has 0 fully saturated rings. The van der Waals surface area contributed by atoms with E-state index in [0.29, 0.717) is 23.5 Å². The molecule has 8 heteroatoms.